The van der Waals surface area contributed by atoms with E-state index in [9.17, 15) is 0 Å². The minimum Gasteiger partial charge on any atom is -0.467 e. The smallest absolute Gasteiger partial charge is 0.228 e. The molecule has 0 aliphatic heterocycles. The minimum absolute atomic E-state index is 0. The van der Waals surface area contributed by atoms with Gasteiger partial charge in [0.15, 0.2) is 5.96 Å². The zero-order chi connectivity index (χ0) is 18.2. The van der Waals surface area contributed by atoms with Gasteiger partial charge in [-0.3, -0.25) is 0 Å². The molecule has 2 N–H and O–H groups in total. The van der Waals surface area contributed by atoms with E-state index >= 15 is 0 Å². The van der Waals surface area contributed by atoms with Gasteiger partial charge in [-0.2, -0.15) is 4.98 Å². The van der Waals surface area contributed by atoms with E-state index in [1.54, 1.807) is 18.4 Å². The van der Waals surface area contributed by atoms with Gasteiger partial charge in [-0.05, 0) is 43.3 Å². The van der Waals surface area contributed by atoms with Crippen molar-refractivity contribution in [1.82, 2.24) is 20.8 Å². The highest BCUT2D eigenvalue weighted by Crippen LogP contribution is 2.18. The molecular weight excluding hydrogens is 481 g/mol. The number of furan rings is 1. The van der Waals surface area contributed by atoms with E-state index in [-0.39, 0.29) is 24.0 Å². The number of nitrogens with zero attached hydrogens (tertiary/aromatic N) is 3. The maximum absolute atomic E-state index is 5.89. The fraction of sp³-hybridized carbons (Fsp3) is 0.278. The number of rotatable bonds is 7. The maximum atomic E-state index is 5.89. The first kappa shape index (κ1) is 21.2. The summed E-state index contributed by atoms with van der Waals surface area (Å²) in [6, 6.07) is 11.1. The van der Waals surface area contributed by atoms with Crippen molar-refractivity contribution in [2.75, 3.05) is 13.1 Å². The molecule has 27 heavy (non-hydrogen) atoms. The highest BCUT2D eigenvalue weighted by atomic mass is 127. The lowest BCUT2D eigenvalue weighted by molar-refractivity contribution is 0.378. The molecule has 0 radical (unpaired) electrons. The van der Waals surface area contributed by atoms with Gasteiger partial charge >= 0.3 is 0 Å². The van der Waals surface area contributed by atoms with Gasteiger partial charge in [0.1, 0.15) is 12.3 Å². The Hall–Kier alpha value is -2.07. The molecule has 0 saturated heterocycles. The van der Waals surface area contributed by atoms with Gasteiger partial charge in [0.25, 0.3) is 0 Å². The third-order valence-corrected chi connectivity index (χ3v) is 3.77. The fourth-order valence-corrected chi connectivity index (χ4v) is 2.39. The highest BCUT2D eigenvalue weighted by molar-refractivity contribution is 14.0. The molecule has 9 heteroatoms. The lowest BCUT2D eigenvalue weighted by Gasteiger charge is -2.09. The van der Waals surface area contributed by atoms with Crippen LogP contribution in [0.5, 0.6) is 0 Å². The van der Waals surface area contributed by atoms with Crippen LogP contribution in [-0.2, 0) is 13.0 Å². The number of guanidine groups is 1. The zero-order valence-corrected chi connectivity index (χ0v) is 17.9. The van der Waals surface area contributed by atoms with Gasteiger partial charge in [-0.1, -0.05) is 16.8 Å². The van der Waals surface area contributed by atoms with Crippen LogP contribution in [0.3, 0.4) is 0 Å². The maximum Gasteiger partial charge on any atom is 0.228 e. The Morgan fingerprint density at radius 2 is 2.00 bits per heavy atom. The fourth-order valence-electron chi connectivity index (χ4n) is 2.26. The van der Waals surface area contributed by atoms with Crippen LogP contribution in [0.25, 0.3) is 11.4 Å². The SMILES string of the molecule is CCNC(=NCc1ccco1)NCCc1nc(-c2ccc(Cl)cc2)no1.I. The first-order valence-electron chi connectivity index (χ1n) is 8.37. The van der Waals surface area contributed by atoms with Crippen LogP contribution in [0.2, 0.25) is 5.02 Å². The van der Waals surface area contributed by atoms with Crippen molar-refractivity contribution in [3.05, 3.63) is 59.3 Å². The number of hydrogen-bond acceptors (Lipinski definition) is 5. The molecule has 3 aromatic rings. The predicted molar refractivity (Wildman–Crippen MR) is 115 cm³/mol. The van der Waals surface area contributed by atoms with E-state index < -0.39 is 0 Å². The quantitative estimate of drug-likeness (QED) is 0.290. The number of benzene rings is 1. The Kier molecular flexibility index (Phi) is 8.59. The molecule has 0 aliphatic rings. The molecule has 2 heterocycles. The summed E-state index contributed by atoms with van der Waals surface area (Å²) in [7, 11) is 0. The van der Waals surface area contributed by atoms with E-state index in [1.165, 1.54) is 0 Å². The largest absolute Gasteiger partial charge is 0.467 e. The summed E-state index contributed by atoms with van der Waals surface area (Å²) >= 11 is 5.89. The molecule has 0 saturated carbocycles. The second kappa shape index (κ2) is 10.9. The molecule has 2 aromatic heterocycles. The van der Waals surface area contributed by atoms with Gasteiger partial charge in [0.2, 0.25) is 11.7 Å². The van der Waals surface area contributed by atoms with Crippen LogP contribution >= 0.6 is 35.6 Å². The topological polar surface area (TPSA) is 88.5 Å². The second-order valence-electron chi connectivity index (χ2n) is 5.47. The molecule has 1 aromatic carbocycles. The van der Waals surface area contributed by atoms with Gasteiger partial charge in [0.05, 0.1) is 6.26 Å². The van der Waals surface area contributed by atoms with Crippen molar-refractivity contribution in [3.63, 3.8) is 0 Å². The van der Waals surface area contributed by atoms with Crippen LogP contribution in [0.1, 0.15) is 18.6 Å². The summed E-state index contributed by atoms with van der Waals surface area (Å²) in [5.41, 5.74) is 0.866. The lowest BCUT2D eigenvalue weighted by atomic mass is 10.2. The van der Waals surface area contributed by atoms with Gasteiger partial charge in [-0.25, -0.2) is 4.99 Å². The molecule has 0 unspecified atom stereocenters. The molecule has 0 amide bonds. The van der Waals surface area contributed by atoms with E-state index in [0.29, 0.717) is 42.2 Å². The standard InChI is InChI=1S/C18H20ClN5O2.HI/c1-2-20-18(22-12-15-4-3-11-25-15)21-10-9-16-23-17(24-26-16)13-5-7-14(19)8-6-13;/h3-8,11H,2,9-10,12H2,1H3,(H2,20,21,22);1H. The van der Waals surface area contributed by atoms with Crippen molar-refractivity contribution in [3.8, 4) is 11.4 Å². The number of halogens is 2. The molecule has 0 fully saturated rings. The highest BCUT2D eigenvalue weighted by Gasteiger charge is 2.09. The summed E-state index contributed by atoms with van der Waals surface area (Å²) in [5, 5.41) is 11.1. The molecule has 0 spiro atoms. The third-order valence-electron chi connectivity index (χ3n) is 3.52. The third kappa shape index (κ3) is 6.55. The van der Waals surface area contributed by atoms with Crippen molar-refractivity contribution in [1.29, 1.82) is 0 Å². The Bertz CT molecular complexity index is 834. The van der Waals surface area contributed by atoms with Crippen molar-refractivity contribution in [2.45, 2.75) is 19.9 Å². The van der Waals surface area contributed by atoms with Crippen LogP contribution in [0, 0.1) is 0 Å². The molecule has 7 nitrogen and oxygen atoms in total. The number of aliphatic imine (C=N–C) groups is 1. The van der Waals surface area contributed by atoms with Crippen LogP contribution in [-0.4, -0.2) is 29.2 Å². The molecule has 0 atom stereocenters. The summed E-state index contributed by atoms with van der Waals surface area (Å²) in [5.74, 6) is 2.63. The Balaban J connectivity index is 0.00000261. The van der Waals surface area contributed by atoms with Crippen molar-refractivity contribution < 1.29 is 8.94 Å². The summed E-state index contributed by atoms with van der Waals surface area (Å²) < 4.78 is 10.6. The first-order chi connectivity index (χ1) is 12.7. The summed E-state index contributed by atoms with van der Waals surface area (Å²) in [6.45, 7) is 3.88. The number of hydrogen-bond donors (Lipinski definition) is 2. The first-order valence-corrected chi connectivity index (χ1v) is 8.75. The molecule has 0 bridgehead atoms. The molecule has 144 valence electrons. The van der Waals surface area contributed by atoms with Gasteiger partial charge in [0, 0.05) is 30.1 Å². The zero-order valence-electron chi connectivity index (χ0n) is 14.8. The predicted octanol–water partition coefficient (Wildman–Crippen LogP) is 3.90. The van der Waals surface area contributed by atoms with Crippen LogP contribution < -0.4 is 10.6 Å². The molecular formula is C18H21ClIN5O2. The van der Waals surface area contributed by atoms with Gasteiger partial charge in [-0.15, -0.1) is 24.0 Å². The average molecular weight is 502 g/mol. The lowest BCUT2D eigenvalue weighted by Crippen LogP contribution is -2.38. The molecule has 0 aliphatic carbocycles. The van der Waals surface area contributed by atoms with Crippen molar-refractivity contribution >= 4 is 41.5 Å². The normalized spacial score (nSPS) is 11.1. The Morgan fingerprint density at radius 3 is 2.70 bits per heavy atom. The van der Waals surface area contributed by atoms with E-state index in [0.717, 1.165) is 17.9 Å². The van der Waals surface area contributed by atoms with E-state index in [1.807, 2.05) is 31.2 Å². The van der Waals surface area contributed by atoms with Gasteiger partial charge < -0.3 is 19.6 Å². The Labute approximate surface area is 179 Å². The summed E-state index contributed by atoms with van der Waals surface area (Å²) in [6.07, 6.45) is 2.23. The number of nitrogens with one attached hydrogen (secondary N) is 2. The number of aromatic nitrogens is 2. The second-order valence-corrected chi connectivity index (χ2v) is 5.91. The minimum atomic E-state index is 0. The van der Waals surface area contributed by atoms with E-state index in [2.05, 4.69) is 25.8 Å². The van der Waals surface area contributed by atoms with Crippen molar-refractivity contribution in [2.24, 2.45) is 4.99 Å². The summed E-state index contributed by atoms with van der Waals surface area (Å²) in [4.78, 5) is 8.87. The monoisotopic (exact) mass is 501 g/mol. The van der Waals surface area contributed by atoms with Crippen LogP contribution in [0.4, 0.5) is 0 Å². The molecule has 3 rings (SSSR count). The Morgan fingerprint density at radius 1 is 1.19 bits per heavy atom. The van der Waals surface area contributed by atoms with E-state index in [4.69, 9.17) is 20.5 Å². The average Bonchev–Trinajstić information content (AvgIpc) is 3.32. The van der Waals surface area contributed by atoms with Crippen LogP contribution in [0.15, 0.2) is 56.6 Å².